The third-order valence-corrected chi connectivity index (χ3v) is 5.52. The van der Waals surface area contributed by atoms with E-state index >= 15 is 0 Å². The second kappa shape index (κ2) is 8.07. The summed E-state index contributed by atoms with van der Waals surface area (Å²) in [5.41, 5.74) is 9.77. The van der Waals surface area contributed by atoms with E-state index in [0.717, 1.165) is 23.1 Å². The molecule has 2 rings (SSSR count). The van der Waals surface area contributed by atoms with E-state index in [1.165, 1.54) is 18.2 Å². The summed E-state index contributed by atoms with van der Waals surface area (Å²) in [5, 5.41) is 23.5. The molecule has 2 aromatic rings. The van der Waals surface area contributed by atoms with Crippen LogP contribution in [0.5, 0.6) is 5.75 Å². The zero-order valence-electron chi connectivity index (χ0n) is 15.2. The van der Waals surface area contributed by atoms with E-state index in [1.54, 1.807) is 0 Å². The molecule has 2 unspecified atom stereocenters. The normalized spacial score (nSPS) is 14.0. The van der Waals surface area contributed by atoms with Crippen molar-refractivity contribution >= 4 is 15.5 Å². The van der Waals surface area contributed by atoms with E-state index in [-0.39, 0.29) is 10.6 Å². The first-order valence-corrected chi connectivity index (χ1v) is 10.3. The number of anilines is 1. The van der Waals surface area contributed by atoms with Gasteiger partial charge in [0.25, 0.3) is 0 Å². The lowest BCUT2D eigenvalue weighted by Gasteiger charge is -2.21. The Kier molecular flexibility index (Phi) is 6.28. The molecule has 0 aliphatic rings. The number of aliphatic hydroxyl groups is 1. The van der Waals surface area contributed by atoms with Gasteiger partial charge in [0.2, 0.25) is 0 Å². The van der Waals surface area contributed by atoms with Crippen molar-refractivity contribution in [1.29, 1.82) is 0 Å². The Morgan fingerprint density at radius 3 is 2.35 bits per heavy atom. The zero-order chi connectivity index (χ0) is 19.5. The highest BCUT2D eigenvalue weighted by Crippen LogP contribution is 2.28. The van der Waals surface area contributed by atoms with Gasteiger partial charge in [0.15, 0.2) is 9.84 Å². The largest absolute Gasteiger partial charge is 0.507 e. The molecule has 26 heavy (non-hydrogen) atoms. The molecule has 5 N–H and O–H groups in total. The number of sulfone groups is 1. The molecule has 0 fully saturated rings. The van der Waals surface area contributed by atoms with Crippen molar-refractivity contribution in [3.05, 3.63) is 53.1 Å². The van der Waals surface area contributed by atoms with Crippen molar-refractivity contribution in [3.63, 3.8) is 0 Å². The molecule has 0 amide bonds. The van der Waals surface area contributed by atoms with Crippen LogP contribution < -0.4 is 11.1 Å². The number of phenols is 1. The molecule has 7 heteroatoms. The first-order chi connectivity index (χ1) is 12.1. The fraction of sp³-hybridized carbons (Fsp3) is 0.368. The number of para-hydroxylation sites is 1. The van der Waals surface area contributed by atoms with E-state index < -0.39 is 22.0 Å². The maximum absolute atomic E-state index is 11.7. The second-order valence-electron chi connectivity index (χ2n) is 6.59. The van der Waals surface area contributed by atoms with Gasteiger partial charge in [-0.2, -0.15) is 0 Å². The van der Waals surface area contributed by atoms with Gasteiger partial charge in [-0.1, -0.05) is 24.3 Å². The third kappa shape index (κ3) is 4.75. The van der Waals surface area contributed by atoms with Gasteiger partial charge in [-0.3, -0.25) is 0 Å². The molecular formula is C19H26N2O4S. The van der Waals surface area contributed by atoms with Crippen molar-refractivity contribution in [3.8, 4) is 5.75 Å². The van der Waals surface area contributed by atoms with Crippen LogP contribution in [0.4, 0.5) is 5.69 Å². The Hall–Kier alpha value is -2.09. The first-order valence-electron chi connectivity index (χ1n) is 8.38. The van der Waals surface area contributed by atoms with Crippen LogP contribution in [0.15, 0.2) is 41.3 Å². The van der Waals surface area contributed by atoms with Crippen LogP contribution in [0.2, 0.25) is 0 Å². The highest BCUT2D eigenvalue weighted by atomic mass is 32.2. The van der Waals surface area contributed by atoms with Crippen LogP contribution in [-0.4, -0.2) is 37.5 Å². The van der Waals surface area contributed by atoms with Crippen LogP contribution in [0.1, 0.15) is 29.2 Å². The number of nitrogens with one attached hydrogen (secondary N) is 1. The van der Waals surface area contributed by atoms with Crippen molar-refractivity contribution < 1.29 is 18.6 Å². The predicted molar refractivity (Wildman–Crippen MR) is 103 cm³/mol. The maximum Gasteiger partial charge on any atom is 0.179 e. The van der Waals surface area contributed by atoms with E-state index in [4.69, 9.17) is 5.73 Å². The summed E-state index contributed by atoms with van der Waals surface area (Å²) in [6, 6.07) is 9.47. The summed E-state index contributed by atoms with van der Waals surface area (Å²) in [5.74, 6) is -0.339. The number of aliphatic hydroxyl groups excluding tert-OH is 1. The molecule has 0 saturated carbocycles. The van der Waals surface area contributed by atoms with Crippen molar-refractivity contribution in [1.82, 2.24) is 0 Å². The molecule has 142 valence electrons. The van der Waals surface area contributed by atoms with Crippen LogP contribution in [0.3, 0.4) is 0 Å². The molecule has 0 aliphatic heterocycles. The van der Waals surface area contributed by atoms with Gasteiger partial charge in [-0.15, -0.1) is 0 Å². The Morgan fingerprint density at radius 1 is 1.15 bits per heavy atom. The minimum absolute atomic E-state index is 0.213. The van der Waals surface area contributed by atoms with E-state index in [2.05, 4.69) is 5.32 Å². The number of aryl methyl sites for hydroxylation is 2. The standard InChI is InChI=1S/C19H26N2O4S/c1-12-5-4-6-13(2)18(12)21-10-9-15(20)19(23)14-7-8-16(22)17(11-14)26(3,24)25/h4-8,11,15,19,21-23H,9-10,20H2,1-3H3. The number of benzene rings is 2. The van der Waals surface area contributed by atoms with Gasteiger partial charge in [-0.25, -0.2) is 8.42 Å². The Bertz CT molecular complexity index is 861. The Balaban J connectivity index is 2.05. The predicted octanol–water partition coefficient (Wildman–Crippen LogP) is 2.28. The Morgan fingerprint density at radius 2 is 1.77 bits per heavy atom. The van der Waals surface area contributed by atoms with Crippen molar-refractivity contribution in [2.45, 2.75) is 37.3 Å². The monoisotopic (exact) mass is 378 g/mol. The fourth-order valence-electron chi connectivity index (χ4n) is 2.87. The van der Waals surface area contributed by atoms with Crippen molar-refractivity contribution in [2.24, 2.45) is 5.73 Å². The van der Waals surface area contributed by atoms with Gasteiger partial charge in [0, 0.05) is 24.5 Å². The zero-order valence-corrected chi connectivity index (χ0v) is 16.0. The fourth-order valence-corrected chi connectivity index (χ4v) is 3.67. The van der Waals surface area contributed by atoms with E-state index in [1.807, 2.05) is 32.0 Å². The average molecular weight is 378 g/mol. The molecule has 0 bridgehead atoms. The summed E-state index contributed by atoms with van der Waals surface area (Å²) in [6.07, 6.45) is 0.465. The lowest BCUT2D eigenvalue weighted by Crippen LogP contribution is -2.30. The number of aromatic hydroxyl groups is 1. The van der Waals surface area contributed by atoms with Crippen molar-refractivity contribution in [2.75, 3.05) is 18.1 Å². The summed E-state index contributed by atoms with van der Waals surface area (Å²) in [7, 11) is -3.59. The summed E-state index contributed by atoms with van der Waals surface area (Å²) < 4.78 is 23.4. The molecule has 0 spiro atoms. The molecule has 0 heterocycles. The van der Waals surface area contributed by atoms with Crippen LogP contribution >= 0.6 is 0 Å². The molecule has 0 radical (unpaired) electrons. The number of hydrogen-bond acceptors (Lipinski definition) is 6. The number of phenolic OH excluding ortho intramolecular Hbond substituents is 1. The molecule has 6 nitrogen and oxygen atoms in total. The molecular weight excluding hydrogens is 352 g/mol. The molecule has 2 aromatic carbocycles. The number of rotatable bonds is 7. The second-order valence-corrected chi connectivity index (χ2v) is 8.57. The van der Waals surface area contributed by atoms with Gasteiger partial charge < -0.3 is 21.3 Å². The van der Waals surface area contributed by atoms with E-state index in [9.17, 15) is 18.6 Å². The maximum atomic E-state index is 11.7. The lowest BCUT2D eigenvalue weighted by atomic mass is 10.00. The van der Waals surface area contributed by atoms with Crippen LogP contribution in [0.25, 0.3) is 0 Å². The third-order valence-electron chi connectivity index (χ3n) is 4.39. The van der Waals surface area contributed by atoms with Gasteiger partial charge in [-0.05, 0) is 49.1 Å². The molecule has 0 aromatic heterocycles. The van der Waals surface area contributed by atoms with Gasteiger partial charge in [0.05, 0.1) is 6.10 Å². The molecule has 0 aliphatic carbocycles. The highest BCUT2D eigenvalue weighted by molar-refractivity contribution is 7.90. The van der Waals surface area contributed by atoms with E-state index in [0.29, 0.717) is 18.5 Å². The summed E-state index contributed by atoms with van der Waals surface area (Å²) in [4.78, 5) is -0.213. The minimum atomic E-state index is -3.59. The summed E-state index contributed by atoms with van der Waals surface area (Å²) >= 11 is 0. The summed E-state index contributed by atoms with van der Waals surface area (Å²) in [6.45, 7) is 4.61. The topological polar surface area (TPSA) is 113 Å². The Labute approximate surface area is 154 Å². The lowest BCUT2D eigenvalue weighted by molar-refractivity contribution is 0.143. The first kappa shape index (κ1) is 20.2. The van der Waals surface area contributed by atoms with Crippen LogP contribution in [-0.2, 0) is 9.84 Å². The molecule has 2 atom stereocenters. The highest BCUT2D eigenvalue weighted by Gasteiger charge is 2.21. The SMILES string of the molecule is Cc1cccc(C)c1NCCC(N)C(O)c1ccc(O)c(S(C)(=O)=O)c1. The number of nitrogens with two attached hydrogens (primary N) is 1. The van der Waals surface area contributed by atoms with Crippen LogP contribution in [0, 0.1) is 13.8 Å². The number of hydrogen-bond donors (Lipinski definition) is 4. The average Bonchev–Trinajstić information content (AvgIpc) is 2.56. The smallest absolute Gasteiger partial charge is 0.179 e. The quantitative estimate of drug-likeness (QED) is 0.588. The van der Waals surface area contributed by atoms with Gasteiger partial charge in [0.1, 0.15) is 10.6 Å². The van der Waals surface area contributed by atoms with Gasteiger partial charge >= 0.3 is 0 Å². The molecule has 0 saturated heterocycles. The minimum Gasteiger partial charge on any atom is -0.507 e.